The lowest BCUT2D eigenvalue weighted by molar-refractivity contribution is 0.386. The third-order valence-corrected chi connectivity index (χ3v) is 7.33. The molecule has 0 radical (unpaired) electrons. The van der Waals surface area contributed by atoms with Crippen LogP contribution in [0.4, 0.5) is 14.5 Å². The van der Waals surface area contributed by atoms with Crippen LogP contribution in [-0.4, -0.2) is 16.9 Å². The fraction of sp³-hybridized carbons (Fsp3) is 0.0571. The number of benzene rings is 5. The van der Waals surface area contributed by atoms with Crippen molar-refractivity contribution >= 4 is 28.7 Å². The highest BCUT2D eigenvalue weighted by molar-refractivity contribution is 5.92. The van der Waals surface area contributed by atoms with Crippen molar-refractivity contribution in [2.24, 2.45) is 0 Å². The van der Waals surface area contributed by atoms with Crippen molar-refractivity contribution in [2.45, 2.75) is 5.54 Å². The Balaban J connectivity index is 1.68. The first-order valence-corrected chi connectivity index (χ1v) is 13.2. The Hall–Kier alpha value is -5.23. The zero-order chi connectivity index (χ0) is 28.4. The molecule has 0 atom stereocenters. The molecule has 6 aromatic rings. The Kier molecular flexibility index (Phi) is 6.81. The number of fused-ring (bicyclic) bond motifs is 1. The van der Waals surface area contributed by atoms with E-state index in [0.717, 1.165) is 16.7 Å². The summed E-state index contributed by atoms with van der Waals surface area (Å²) in [4.78, 5) is 0. The largest absolute Gasteiger partial charge is 0.494 e. The van der Waals surface area contributed by atoms with Crippen molar-refractivity contribution in [1.29, 1.82) is 0 Å². The number of halogens is 2. The van der Waals surface area contributed by atoms with Crippen molar-refractivity contribution in [2.75, 3.05) is 12.8 Å². The minimum absolute atomic E-state index is 0.0203. The Labute approximate surface area is 237 Å². The van der Waals surface area contributed by atoms with Crippen LogP contribution in [0.5, 0.6) is 5.75 Å². The summed E-state index contributed by atoms with van der Waals surface area (Å²) in [5, 5.41) is 5.80. The minimum Gasteiger partial charge on any atom is -0.494 e. The maximum Gasteiger partial charge on any atom is 0.165 e. The van der Waals surface area contributed by atoms with Crippen LogP contribution in [0.25, 0.3) is 23.1 Å². The first kappa shape index (κ1) is 26.0. The molecule has 0 aliphatic carbocycles. The predicted octanol–water partition coefficient (Wildman–Crippen LogP) is 7.92. The van der Waals surface area contributed by atoms with E-state index in [1.54, 1.807) is 30.4 Å². The molecular weight excluding hydrogens is 516 g/mol. The van der Waals surface area contributed by atoms with Crippen LogP contribution in [0, 0.1) is 11.6 Å². The first-order chi connectivity index (χ1) is 20.0. The molecule has 41 heavy (non-hydrogen) atoms. The van der Waals surface area contributed by atoms with Crippen LogP contribution in [0.3, 0.4) is 0 Å². The van der Waals surface area contributed by atoms with E-state index < -0.39 is 17.2 Å². The molecule has 2 N–H and O–H groups in total. The maximum atomic E-state index is 15.2. The van der Waals surface area contributed by atoms with Crippen molar-refractivity contribution < 1.29 is 13.5 Å². The van der Waals surface area contributed by atoms with E-state index >= 15 is 4.39 Å². The second-order valence-corrected chi connectivity index (χ2v) is 9.72. The molecule has 0 saturated heterocycles. The summed E-state index contributed by atoms with van der Waals surface area (Å²) in [6.45, 7) is 0. The lowest BCUT2D eigenvalue weighted by atomic mass is 9.77. The number of ether oxygens (including phenoxy) is 1. The molecule has 1 aromatic heterocycles. The van der Waals surface area contributed by atoms with Gasteiger partial charge in [-0.2, -0.15) is 5.10 Å². The van der Waals surface area contributed by atoms with Gasteiger partial charge >= 0.3 is 0 Å². The molecule has 0 unspecified atom stereocenters. The van der Waals surface area contributed by atoms with Gasteiger partial charge in [0.05, 0.1) is 24.0 Å². The van der Waals surface area contributed by atoms with Crippen LogP contribution in [0.1, 0.15) is 27.9 Å². The molecule has 0 amide bonds. The Morgan fingerprint density at radius 2 is 1.27 bits per heavy atom. The fourth-order valence-corrected chi connectivity index (χ4v) is 5.42. The molecular formula is C35H27F2N3O. The summed E-state index contributed by atoms with van der Waals surface area (Å²) < 4.78 is 36.5. The zero-order valence-corrected chi connectivity index (χ0v) is 22.3. The molecule has 0 bridgehead atoms. The number of nitrogens with zero attached hydrogens (tertiary/aromatic N) is 2. The lowest BCUT2D eigenvalue weighted by Crippen LogP contribution is -2.38. The van der Waals surface area contributed by atoms with Crippen LogP contribution >= 0.6 is 0 Å². The second-order valence-electron chi connectivity index (χ2n) is 9.72. The fourth-order valence-electron chi connectivity index (χ4n) is 5.42. The van der Waals surface area contributed by atoms with Gasteiger partial charge in [0, 0.05) is 11.5 Å². The Morgan fingerprint density at radius 3 is 1.78 bits per heavy atom. The number of anilines is 1. The second kappa shape index (κ2) is 10.7. The first-order valence-electron chi connectivity index (χ1n) is 13.2. The quantitative estimate of drug-likeness (QED) is 0.164. The van der Waals surface area contributed by atoms with Gasteiger partial charge in [-0.3, -0.25) is 0 Å². The number of nitrogens with two attached hydrogens (primary N) is 1. The van der Waals surface area contributed by atoms with Gasteiger partial charge < -0.3 is 10.5 Å². The van der Waals surface area contributed by atoms with Crippen molar-refractivity contribution in [3.05, 3.63) is 161 Å². The third kappa shape index (κ3) is 4.53. The summed E-state index contributed by atoms with van der Waals surface area (Å²) in [6.07, 6.45) is 3.56. The highest BCUT2D eigenvalue weighted by Gasteiger charge is 2.40. The van der Waals surface area contributed by atoms with Crippen molar-refractivity contribution in [1.82, 2.24) is 9.78 Å². The number of nitrogen functional groups attached to an aromatic ring is 1. The topological polar surface area (TPSA) is 53.1 Å². The molecule has 0 aliphatic heterocycles. The molecule has 6 rings (SSSR count). The average molecular weight is 544 g/mol. The number of hydrogen-bond acceptors (Lipinski definition) is 3. The molecule has 0 spiro atoms. The Bertz CT molecular complexity index is 1750. The highest BCUT2D eigenvalue weighted by atomic mass is 19.1. The van der Waals surface area contributed by atoms with Crippen molar-refractivity contribution in [3.8, 4) is 5.75 Å². The number of aromatic nitrogens is 2. The smallest absolute Gasteiger partial charge is 0.165 e. The molecule has 5 aromatic carbocycles. The van der Waals surface area contributed by atoms with Gasteiger partial charge in [0.2, 0.25) is 0 Å². The van der Waals surface area contributed by atoms with Gasteiger partial charge in [-0.15, -0.1) is 0 Å². The van der Waals surface area contributed by atoms with E-state index in [0.29, 0.717) is 22.2 Å². The summed E-state index contributed by atoms with van der Waals surface area (Å²) in [7, 11) is 1.43. The number of methoxy groups -OCH3 is 1. The normalized spacial score (nSPS) is 11.8. The van der Waals surface area contributed by atoms with E-state index in [1.807, 2.05) is 59.3 Å². The van der Waals surface area contributed by atoms with E-state index in [4.69, 9.17) is 15.6 Å². The highest BCUT2D eigenvalue weighted by Crippen LogP contribution is 2.43. The average Bonchev–Trinajstić information content (AvgIpc) is 3.35. The van der Waals surface area contributed by atoms with E-state index in [2.05, 4.69) is 36.4 Å². The summed E-state index contributed by atoms with van der Waals surface area (Å²) in [5.74, 6) is -0.833. The summed E-state index contributed by atoms with van der Waals surface area (Å²) >= 11 is 0. The minimum atomic E-state index is -0.955. The SMILES string of the molecule is COc1ccc(/C=C/c2nn(C(c3ccccc3)(c3ccccc3)c3ccccc3)c3cc(F)c(N)cc23)cc1F. The van der Waals surface area contributed by atoms with E-state index in [-0.39, 0.29) is 11.4 Å². The molecule has 6 heteroatoms. The van der Waals surface area contributed by atoms with Crippen molar-refractivity contribution in [3.63, 3.8) is 0 Å². The van der Waals surface area contributed by atoms with E-state index in [1.165, 1.54) is 19.2 Å². The molecule has 0 saturated carbocycles. The molecule has 0 aliphatic rings. The molecule has 0 fully saturated rings. The van der Waals surface area contributed by atoms with Gasteiger partial charge in [-0.1, -0.05) is 103 Å². The molecule has 202 valence electrons. The van der Waals surface area contributed by atoms with Gasteiger partial charge in [0.25, 0.3) is 0 Å². The zero-order valence-electron chi connectivity index (χ0n) is 22.3. The molecule has 1 heterocycles. The van der Waals surface area contributed by atoms with E-state index in [9.17, 15) is 4.39 Å². The van der Waals surface area contributed by atoms with Crippen LogP contribution in [0.2, 0.25) is 0 Å². The molecule has 4 nitrogen and oxygen atoms in total. The van der Waals surface area contributed by atoms with Crippen LogP contribution in [-0.2, 0) is 5.54 Å². The lowest BCUT2D eigenvalue weighted by Gasteiger charge is -2.37. The van der Waals surface area contributed by atoms with Gasteiger partial charge in [-0.25, -0.2) is 13.5 Å². The van der Waals surface area contributed by atoms with Gasteiger partial charge in [0.15, 0.2) is 11.6 Å². The number of rotatable bonds is 7. The third-order valence-electron chi connectivity index (χ3n) is 7.33. The van der Waals surface area contributed by atoms with Gasteiger partial charge in [0.1, 0.15) is 11.4 Å². The monoisotopic (exact) mass is 543 g/mol. The predicted molar refractivity (Wildman–Crippen MR) is 161 cm³/mol. The number of hydrogen-bond donors (Lipinski definition) is 1. The summed E-state index contributed by atoms with van der Waals surface area (Å²) in [6, 6.07) is 37.9. The van der Waals surface area contributed by atoms with Crippen LogP contribution < -0.4 is 10.5 Å². The standard InChI is InChI=1S/C35H27F2N3O/c1-41-34-20-18-24(21-30(34)37)17-19-32-28-22-31(38)29(36)23-33(28)40(39-32)35(25-11-5-2-6-12-25,26-13-7-3-8-14-26)27-15-9-4-10-16-27/h2-23H,38H2,1H3/b19-17+. The maximum absolute atomic E-state index is 15.2. The van der Waals surface area contributed by atoms with Crippen LogP contribution in [0.15, 0.2) is 121 Å². The summed E-state index contributed by atoms with van der Waals surface area (Å²) in [5.41, 5.74) is 9.74. The van der Waals surface area contributed by atoms with Gasteiger partial charge in [-0.05, 0) is 46.5 Å². The Morgan fingerprint density at radius 1 is 0.707 bits per heavy atom.